The third-order valence-electron chi connectivity index (χ3n) is 3.80. The summed E-state index contributed by atoms with van der Waals surface area (Å²) < 4.78 is 2.07. The van der Waals surface area contributed by atoms with Crippen molar-refractivity contribution in [1.82, 2.24) is 4.57 Å². The first-order valence-electron chi connectivity index (χ1n) is 7.28. The highest BCUT2D eigenvalue weighted by atomic mass is 16.4. The summed E-state index contributed by atoms with van der Waals surface area (Å²) in [5, 5.41) is 8.94. The number of carboxylic acids is 1. The molecule has 0 spiro atoms. The maximum absolute atomic E-state index is 10.9. The van der Waals surface area contributed by atoms with E-state index in [-0.39, 0.29) is 0 Å². The lowest BCUT2D eigenvalue weighted by atomic mass is 10.1. The number of hydrogen-bond donors (Lipinski definition) is 1. The standard InChI is InChI=1S/C19H17NO2/c1-2-14-3-9-18(10-4-14)20-12-11-17(13-20)15-5-7-16(8-6-15)19(21)22/h3-13H,2H2,1H3,(H,21,22). The van der Waals surface area contributed by atoms with Crippen LogP contribution in [0, 0.1) is 0 Å². The fourth-order valence-electron chi connectivity index (χ4n) is 2.44. The molecule has 3 rings (SSSR count). The van der Waals surface area contributed by atoms with Crippen LogP contribution in [0.1, 0.15) is 22.8 Å². The molecule has 0 unspecified atom stereocenters. The smallest absolute Gasteiger partial charge is 0.335 e. The molecule has 2 aromatic carbocycles. The Morgan fingerprint density at radius 3 is 2.23 bits per heavy atom. The zero-order chi connectivity index (χ0) is 15.5. The van der Waals surface area contributed by atoms with Crippen LogP contribution in [0.2, 0.25) is 0 Å². The number of aromatic carboxylic acids is 1. The summed E-state index contributed by atoms with van der Waals surface area (Å²) >= 11 is 0. The van der Waals surface area contributed by atoms with Gasteiger partial charge >= 0.3 is 5.97 Å². The van der Waals surface area contributed by atoms with Gasteiger partial charge in [0.2, 0.25) is 0 Å². The number of benzene rings is 2. The molecule has 1 heterocycles. The van der Waals surface area contributed by atoms with Gasteiger partial charge in [-0.3, -0.25) is 0 Å². The van der Waals surface area contributed by atoms with Gasteiger partial charge in [-0.05, 0) is 53.4 Å². The first-order valence-corrected chi connectivity index (χ1v) is 7.28. The van der Waals surface area contributed by atoms with Gasteiger partial charge in [-0.1, -0.05) is 31.2 Å². The number of nitrogens with zero attached hydrogens (tertiary/aromatic N) is 1. The summed E-state index contributed by atoms with van der Waals surface area (Å²) in [7, 11) is 0. The third kappa shape index (κ3) is 2.79. The van der Waals surface area contributed by atoms with Gasteiger partial charge in [-0.25, -0.2) is 4.79 Å². The molecule has 0 amide bonds. The average Bonchev–Trinajstić information content (AvgIpc) is 3.05. The molecule has 22 heavy (non-hydrogen) atoms. The van der Waals surface area contributed by atoms with Crippen LogP contribution in [-0.2, 0) is 6.42 Å². The second-order valence-electron chi connectivity index (χ2n) is 5.21. The second kappa shape index (κ2) is 5.90. The molecule has 3 nitrogen and oxygen atoms in total. The van der Waals surface area contributed by atoms with Gasteiger partial charge in [0.15, 0.2) is 0 Å². The molecule has 0 aliphatic carbocycles. The highest BCUT2D eigenvalue weighted by Crippen LogP contribution is 2.22. The summed E-state index contributed by atoms with van der Waals surface area (Å²) in [4.78, 5) is 10.9. The Labute approximate surface area is 129 Å². The highest BCUT2D eigenvalue weighted by Gasteiger charge is 2.05. The first kappa shape index (κ1) is 14.1. The Hall–Kier alpha value is -2.81. The molecule has 0 saturated carbocycles. The first-order chi connectivity index (χ1) is 10.7. The maximum Gasteiger partial charge on any atom is 0.335 e. The van der Waals surface area contributed by atoms with Crippen LogP contribution in [0.15, 0.2) is 67.0 Å². The van der Waals surface area contributed by atoms with E-state index in [2.05, 4.69) is 42.0 Å². The minimum absolute atomic E-state index is 0.304. The molecular formula is C19H17NO2. The fraction of sp³-hybridized carbons (Fsp3) is 0.105. The second-order valence-corrected chi connectivity index (χ2v) is 5.21. The molecule has 0 aliphatic heterocycles. The van der Waals surface area contributed by atoms with Crippen LogP contribution in [0.3, 0.4) is 0 Å². The van der Waals surface area contributed by atoms with Crippen molar-refractivity contribution < 1.29 is 9.90 Å². The van der Waals surface area contributed by atoms with Crippen LogP contribution in [-0.4, -0.2) is 15.6 Å². The Morgan fingerprint density at radius 1 is 0.955 bits per heavy atom. The van der Waals surface area contributed by atoms with Crippen LogP contribution < -0.4 is 0 Å². The molecule has 0 fully saturated rings. The monoisotopic (exact) mass is 291 g/mol. The van der Waals surface area contributed by atoms with Crippen molar-refractivity contribution in [3.8, 4) is 16.8 Å². The number of aryl methyl sites for hydroxylation is 1. The van der Waals surface area contributed by atoms with Crippen molar-refractivity contribution in [2.75, 3.05) is 0 Å². The van der Waals surface area contributed by atoms with E-state index in [0.717, 1.165) is 23.2 Å². The minimum Gasteiger partial charge on any atom is -0.478 e. The predicted octanol–water partition coefficient (Wildman–Crippen LogP) is 4.40. The zero-order valence-electron chi connectivity index (χ0n) is 12.4. The topological polar surface area (TPSA) is 42.2 Å². The van der Waals surface area contributed by atoms with Gasteiger partial charge in [0, 0.05) is 18.1 Å². The van der Waals surface area contributed by atoms with Crippen LogP contribution >= 0.6 is 0 Å². The van der Waals surface area contributed by atoms with E-state index in [0.29, 0.717) is 5.56 Å². The van der Waals surface area contributed by atoms with Crippen molar-refractivity contribution in [2.24, 2.45) is 0 Å². The lowest BCUT2D eigenvalue weighted by Gasteiger charge is -2.04. The summed E-state index contributed by atoms with van der Waals surface area (Å²) in [5.41, 5.74) is 4.81. The van der Waals surface area contributed by atoms with E-state index in [1.165, 1.54) is 5.56 Å². The number of carbonyl (C=O) groups is 1. The fourth-order valence-corrected chi connectivity index (χ4v) is 2.44. The molecule has 0 aliphatic rings. The molecule has 1 aromatic heterocycles. The van der Waals surface area contributed by atoms with Gasteiger partial charge in [-0.2, -0.15) is 0 Å². The molecule has 3 heteroatoms. The third-order valence-corrected chi connectivity index (χ3v) is 3.80. The van der Waals surface area contributed by atoms with Crippen molar-refractivity contribution in [2.45, 2.75) is 13.3 Å². The Kier molecular flexibility index (Phi) is 3.79. The highest BCUT2D eigenvalue weighted by molar-refractivity contribution is 5.88. The van der Waals surface area contributed by atoms with Gasteiger partial charge in [0.25, 0.3) is 0 Å². The van der Waals surface area contributed by atoms with E-state index in [9.17, 15) is 4.79 Å². The molecule has 3 aromatic rings. The summed E-state index contributed by atoms with van der Waals surface area (Å²) in [5.74, 6) is -0.903. The molecule has 0 bridgehead atoms. The van der Waals surface area contributed by atoms with Gasteiger partial charge in [0.05, 0.1) is 5.56 Å². The van der Waals surface area contributed by atoms with Crippen molar-refractivity contribution in [1.29, 1.82) is 0 Å². The van der Waals surface area contributed by atoms with E-state index >= 15 is 0 Å². The van der Waals surface area contributed by atoms with Crippen molar-refractivity contribution in [3.05, 3.63) is 78.1 Å². The van der Waals surface area contributed by atoms with Crippen molar-refractivity contribution in [3.63, 3.8) is 0 Å². The lowest BCUT2D eigenvalue weighted by Crippen LogP contribution is -1.94. The molecule has 0 radical (unpaired) electrons. The molecule has 0 atom stereocenters. The average molecular weight is 291 g/mol. The van der Waals surface area contributed by atoms with E-state index < -0.39 is 5.97 Å². The normalized spacial score (nSPS) is 10.6. The SMILES string of the molecule is CCc1ccc(-n2ccc(-c3ccc(C(=O)O)cc3)c2)cc1. The summed E-state index contributed by atoms with van der Waals surface area (Å²) in [6.07, 6.45) is 5.10. The Morgan fingerprint density at radius 2 is 1.64 bits per heavy atom. The Balaban J connectivity index is 1.87. The molecular weight excluding hydrogens is 274 g/mol. The summed E-state index contributed by atoms with van der Waals surface area (Å²) in [6, 6.07) is 17.5. The quantitative estimate of drug-likeness (QED) is 0.774. The zero-order valence-corrected chi connectivity index (χ0v) is 12.4. The maximum atomic E-state index is 10.9. The van der Waals surface area contributed by atoms with Crippen LogP contribution in [0.5, 0.6) is 0 Å². The van der Waals surface area contributed by atoms with E-state index in [1.807, 2.05) is 24.4 Å². The van der Waals surface area contributed by atoms with Crippen LogP contribution in [0.25, 0.3) is 16.8 Å². The number of aromatic nitrogens is 1. The predicted molar refractivity (Wildman–Crippen MR) is 87.5 cm³/mol. The van der Waals surface area contributed by atoms with Gasteiger partial charge in [-0.15, -0.1) is 0 Å². The van der Waals surface area contributed by atoms with Gasteiger partial charge in [0.1, 0.15) is 0 Å². The Bertz CT molecular complexity index is 783. The van der Waals surface area contributed by atoms with Crippen LogP contribution in [0.4, 0.5) is 0 Å². The molecule has 1 N–H and O–H groups in total. The van der Waals surface area contributed by atoms with Gasteiger partial charge < -0.3 is 9.67 Å². The van der Waals surface area contributed by atoms with Crippen molar-refractivity contribution >= 4 is 5.97 Å². The minimum atomic E-state index is -0.903. The molecule has 0 saturated heterocycles. The number of rotatable bonds is 4. The summed E-state index contributed by atoms with van der Waals surface area (Å²) in [6.45, 7) is 2.14. The molecule has 110 valence electrons. The number of carboxylic acid groups (broad SMARTS) is 1. The van der Waals surface area contributed by atoms with E-state index in [4.69, 9.17) is 5.11 Å². The van der Waals surface area contributed by atoms with E-state index in [1.54, 1.807) is 12.1 Å². The lowest BCUT2D eigenvalue weighted by molar-refractivity contribution is 0.0697. The largest absolute Gasteiger partial charge is 0.478 e. The number of hydrogen-bond acceptors (Lipinski definition) is 1.